The summed E-state index contributed by atoms with van der Waals surface area (Å²) in [7, 11) is -1.40. The molecule has 1 aromatic rings. The molecular formula is C17H23NO4S. The van der Waals surface area contributed by atoms with Gasteiger partial charge in [0, 0.05) is 31.5 Å². The van der Waals surface area contributed by atoms with E-state index in [0.717, 1.165) is 11.1 Å². The zero-order chi connectivity index (χ0) is 17.2. The summed E-state index contributed by atoms with van der Waals surface area (Å²) in [6.07, 6.45) is 0.736. The maximum absolute atomic E-state index is 12.2. The second kappa shape index (κ2) is 6.83. The average molecular weight is 337 g/mol. The van der Waals surface area contributed by atoms with Crippen molar-refractivity contribution >= 4 is 21.5 Å². The van der Waals surface area contributed by atoms with Crippen molar-refractivity contribution in [3.63, 3.8) is 0 Å². The third-order valence-electron chi connectivity index (χ3n) is 4.54. The van der Waals surface area contributed by atoms with Crippen LogP contribution in [0.5, 0.6) is 0 Å². The van der Waals surface area contributed by atoms with Gasteiger partial charge in [0.25, 0.3) is 0 Å². The second-order valence-electron chi connectivity index (χ2n) is 6.28. The molecule has 0 bridgehead atoms. The Morgan fingerprint density at radius 1 is 1.17 bits per heavy atom. The van der Waals surface area contributed by atoms with E-state index in [4.69, 9.17) is 0 Å². The van der Waals surface area contributed by atoms with Gasteiger partial charge in [0.05, 0.1) is 11.5 Å². The van der Waals surface area contributed by atoms with Crippen LogP contribution in [0.2, 0.25) is 0 Å². The van der Waals surface area contributed by atoms with Gasteiger partial charge in [-0.25, -0.2) is 8.42 Å². The molecule has 0 aromatic heterocycles. The van der Waals surface area contributed by atoms with Gasteiger partial charge >= 0.3 is 0 Å². The maximum Gasteiger partial charge on any atom is 0.223 e. The van der Waals surface area contributed by atoms with Crippen LogP contribution >= 0.6 is 0 Å². The molecule has 0 saturated carbocycles. The van der Waals surface area contributed by atoms with Crippen LogP contribution in [-0.2, 0) is 14.6 Å². The van der Waals surface area contributed by atoms with Crippen molar-refractivity contribution < 1.29 is 18.0 Å². The van der Waals surface area contributed by atoms with Crippen LogP contribution in [-0.4, -0.2) is 49.6 Å². The third kappa shape index (κ3) is 4.41. The zero-order valence-electron chi connectivity index (χ0n) is 13.8. The first-order valence-corrected chi connectivity index (χ1v) is 9.58. The summed E-state index contributed by atoms with van der Waals surface area (Å²) in [5.41, 5.74) is 2.79. The zero-order valence-corrected chi connectivity index (χ0v) is 14.6. The second-order valence-corrected chi connectivity index (χ2v) is 8.51. The predicted octanol–water partition coefficient (Wildman–Crippen LogP) is 1.91. The molecule has 2 rings (SSSR count). The summed E-state index contributed by atoms with van der Waals surface area (Å²) >= 11 is 0. The highest BCUT2D eigenvalue weighted by Crippen LogP contribution is 2.18. The molecule has 0 spiro atoms. The maximum atomic E-state index is 12.2. The molecule has 0 N–H and O–H groups in total. The van der Waals surface area contributed by atoms with Gasteiger partial charge in [0.15, 0.2) is 15.6 Å². The Morgan fingerprint density at radius 2 is 1.87 bits per heavy atom. The van der Waals surface area contributed by atoms with Gasteiger partial charge in [-0.2, -0.15) is 0 Å². The van der Waals surface area contributed by atoms with Crippen molar-refractivity contribution in [3.05, 3.63) is 34.9 Å². The van der Waals surface area contributed by atoms with Gasteiger partial charge in [0.1, 0.15) is 0 Å². The lowest BCUT2D eigenvalue weighted by molar-refractivity contribution is -0.131. The smallest absolute Gasteiger partial charge is 0.223 e. The van der Waals surface area contributed by atoms with Crippen LogP contribution in [0.3, 0.4) is 0 Å². The number of aryl methyl sites for hydroxylation is 2. The molecule has 5 nitrogen and oxygen atoms in total. The quantitative estimate of drug-likeness (QED) is 0.770. The highest BCUT2D eigenvalue weighted by atomic mass is 32.2. The lowest BCUT2D eigenvalue weighted by Crippen LogP contribution is -2.37. The lowest BCUT2D eigenvalue weighted by Gasteiger charge is -2.23. The van der Waals surface area contributed by atoms with Crippen LogP contribution in [0.4, 0.5) is 0 Å². The number of rotatable bonds is 5. The van der Waals surface area contributed by atoms with Crippen LogP contribution in [0.25, 0.3) is 0 Å². The Balaban J connectivity index is 1.91. The highest BCUT2D eigenvalue weighted by molar-refractivity contribution is 7.91. The van der Waals surface area contributed by atoms with Gasteiger partial charge in [-0.15, -0.1) is 0 Å². The van der Waals surface area contributed by atoms with E-state index in [-0.39, 0.29) is 42.1 Å². The minimum atomic E-state index is -3.02. The van der Waals surface area contributed by atoms with E-state index < -0.39 is 9.84 Å². The SMILES string of the molecule is Cc1ccc(C(=O)CCC(=O)N(C)C2CCS(=O)(=O)C2)cc1C. The third-order valence-corrected chi connectivity index (χ3v) is 6.29. The van der Waals surface area contributed by atoms with E-state index >= 15 is 0 Å². The molecule has 1 amide bonds. The van der Waals surface area contributed by atoms with Gasteiger partial charge < -0.3 is 4.90 Å². The normalized spacial score (nSPS) is 19.5. The first-order chi connectivity index (χ1) is 10.7. The van der Waals surface area contributed by atoms with Crippen molar-refractivity contribution in [1.82, 2.24) is 4.90 Å². The summed E-state index contributed by atoms with van der Waals surface area (Å²) in [5, 5.41) is 0. The first kappa shape index (κ1) is 17.7. The number of ketones is 1. The van der Waals surface area contributed by atoms with Crippen molar-refractivity contribution in [1.29, 1.82) is 0 Å². The molecule has 126 valence electrons. The molecule has 23 heavy (non-hydrogen) atoms. The molecule has 1 heterocycles. The van der Waals surface area contributed by atoms with Crippen molar-refractivity contribution in [2.45, 2.75) is 39.2 Å². The van der Waals surface area contributed by atoms with E-state index in [1.165, 1.54) is 4.90 Å². The van der Waals surface area contributed by atoms with E-state index in [0.29, 0.717) is 12.0 Å². The van der Waals surface area contributed by atoms with Gasteiger partial charge in [-0.05, 0) is 37.5 Å². The molecule has 6 heteroatoms. The number of hydrogen-bond donors (Lipinski definition) is 0. The summed E-state index contributed by atoms with van der Waals surface area (Å²) in [5.74, 6) is -0.0739. The minimum Gasteiger partial charge on any atom is -0.342 e. The van der Waals surface area contributed by atoms with Crippen LogP contribution in [0.15, 0.2) is 18.2 Å². The molecule has 1 atom stereocenters. The van der Waals surface area contributed by atoms with Crippen molar-refractivity contribution in [2.75, 3.05) is 18.6 Å². The average Bonchev–Trinajstić information content (AvgIpc) is 2.86. The fourth-order valence-electron chi connectivity index (χ4n) is 2.74. The number of hydrogen-bond acceptors (Lipinski definition) is 4. The topological polar surface area (TPSA) is 71.5 Å². The standard InChI is InChI=1S/C17H23NO4S/c1-12-4-5-14(10-13(12)2)16(19)6-7-17(20)18(3)15-8-9-23(21,22)11-15/h4-5,10,15H,6-9,11H2,1-3H3. The Bertz CT molecular complexity index is 724. The molecule has 1 aliphatic rings. The number of amides is 1. The molecule has 1 aliphatic heterocycles. The summed E-state index contributed by atoms with van der Waals surface area (Å²) in [6.45, 7) is 3.93. The van der Waals surface area contributed by atoms with E-state index in [1.807, 2.05) is 26.0 Å². The number of carbonyl (C=O) groups is 2. The monoisotopic (exact) mass is 337 g/mol. The van der Waals surface area contributed by atoms with Crippen molar-refractivity contribution in [2.24, 2.45) is 0 Å². The van der Waals surface area contributed by atoms with E-state index in [2.05, 4.69) is 0 Å². The van der Waals surface area contributed by atoms with E-state index in [1.54, 1.807) is 13.1 Å². The predicted molar refractivity (Wildman–Crippen MR) is 89.3 cm³/mol. The minimum absolute atomic E-state index is 0.0281. The molecule has 0 aliphatic carbocycles. The number of benzene rings is 1. The molecule has 1 saturated heterocycles. The number of sulfone groups is 1. The number of nitrogens with zero attached hydrogens (tertiary/aromatic N) is 1. The lowest BCUT2D eigenvalue weighted by atomic mass is 10.0. The summed E-state index contributed by atoms with van der Waals surface area (Å²) in [6, 6.07) is 5.27. The first-order valence-electron chi connectivity index (χ1n) is 7.76. The van der Waals surface area contributed by atoms with Crippen LogP contribution in [0.1, 0.15) is 40.7 Å². The Labute approximate surface area is 137 Å². The van der Waals surface area contributed by atoms with Gasteiger partial charge in [-0.1, -0.05) is 12.1 Å². The van der Waals surface area contributed by atoms with Gasteiger partial charge in [0.2, 0.25) is 5.91 Å². The Morgan fingerprint density at radius 3 is 2.43 bits per heavy atom. The fraction of sp³-hybridized carbons (Fsp3) is 0.529. The largest absolute Gasteiger partial charge is 0.342 e. The summed E-state index contributed by atoms with van der Waals surface area (Å²) in [4.78, 5) is 25.9. The Kier molecular flexibility index (Phi) is 5.24. The van der Waals surface area contributed by atoms with Crippen LogP contribution < -0.4 is 0 Å². The van der Waals surface area contributed by atoms with E-state index in [9.17, 15) is 18.0 Å². The number of Topliss-reactive ketones (excluding diaryl/α,β-unsaturated/α-hetero) is 1. The fourth-order valence-corrected chi connectivity index (χ4v) is 4.51. The van der Waals surface area contributed by atoms with Crippen molar-refractivity contribution in [3.8, 4) is 0 Å². The molecule has 0 radical (unpaired) electrons. The van der Waals surface area contributed by atoms with Gasteiger partial charge in [-0.3, -0.25) is 9.59 Å². The molecule has 1 aromatic carbocycles. The molecule has 1 fully saturated rings. The number of carbonyl (C=O) groups excluding carboxylic acids is 2. The highest BCUT2D eigenvalue weighted by Gasteiger charge is 2.32. The van der Waals surface area contributed by atoms with Crippen LogP contribution in [0, 0.1) is 13.8 Å². The molecule has 1 unspecified atom stereocenters. The molecular weight excluding hydrogens is 314 g/mol. The Hall–Kier alpha value is -1.69. The summed E-state index contributed by atoms with van der Waals surface area (Å²) < 4.78 is 23.0.